The van der Waals surface area contributed by atoms with Crippen molar-refractivity contribution in [2.24, 2.45) is 0 Å². The number of hydrogen-bond donors (Lipinski definition) is 0. The maximum absolute atomic E-state index is 4.64. The van der Waals surface area contributed by atoms with E-state index in [-0.39, 0.29) is 0 Å². The summed E-state index contributed by atoms with van der Waals surface area (Å²) in [6, 6.07) is 8.42. The zero-order valence-electron chi connectivity index (χ0n) is 14.0. The number of rotatable bonds is 2. The van der Waals surface area contributed by atoms with Crippen LogP contribution in [0.3, 0.4) is 0 Å². The fraction of sp³-hybridized carbons (Fsp3) is 0.222. The molecule has 132 valence electrons. The average Bonchev–Trinajstić information content (AvgIpc) is 3.32. The first-order chi connectivity index (χ1) is 12.8. The van der Waals surface area contributed by atoms with Gasteiger partial charge in [-0.3, -0.25) is 9.97 Å². The third-order valence-electron chi connectivity index (χ3n) is 4.22. The Morgan fingerprint density at radius 3 is 1.73 bits per heavy atom. The van der Waals surface area contributed by atoms with E-state index < -0.39 is 0 Å². The normalized spacial score (nSPS) is 22.5. The number of hydrogen-bond acceptors (Lipinski definition) is 8. The zero-order valence-corrected chi connectivity index (χ0v) is 18.9. The van der Waals surface area contributed by atoms with E-state index in [1.165, 1.54) is 29.0 Å². The van der Waals surface area contributed by atoms with Crippen molar-refractivity contribution in [3.63, 3.8) is 0 Å². The summed E-state index contributed by atoms with van der Waals surface area (Å²) >= 11 is 11.8. The molecule has 5 rings (SSSR count). The van der Waals surface area contributed by atoms with Crippen LogP contribution in [-0.2, 0) is 0 Å². The topological polar surface area (TPSA) is 25.8 Å². The standard InChI is InChI=1S/C18H14N2S6/c1-21-15-16(22-2)26-18(25-15)17-23-13-9-5-3-7-19-11(9)12-10(14(13)24-17)6-4-8-20-12/h3-8,15-16H,1-2H3. The number of thioether (sulfide) groups is 6. The average molecular weight is 451 g/mol. The van der Waals surface area contributed by atoms with Gasteiger partial charge in [-0.15, -0.1) is 47.0 Å². The van der Waals surface area contributed by atoms with Crippen LogP contribution in [0.2, 0.25) is 0 Å². The molecule has 4 heterocycles. The van der Waals surface area contributed by atoms with Crippen LogP contribution in [-0.4, -0.2) is 31.6 Å². The van der Waals surface area contributed by atoms with Crippen molar-refractivity contribution >= 4 is 92.4 Å². The summed E-state index contributed by atoms with van der Waals surface area (Å²) in [5.41, 5.74) is 2.02. The van der Waals surface area contributed by atoms with Crippen LogP contribution >= 0.6 is 70.6 Å². The van der Waals surface area contributed by atoms with Crippen LogP contribution < -0.4 is 0 Å². The van der Waals surface area contributed by atoms with Crippen molar-refractivity contribution in [2.75, 3.05) is 12.5 Å². The zero-order chi connectivity index (χ0) is 17.7. The fourth-order valence-electron chi connectivity index (χ4n) is 3.06. The van der Waals surface area contributed by atoms with E-state index in [2.05, 4.69) is 34.6 Å². The SMILES string of the molecule is CSC1SC(=C2Sc3c(c4cccnc4c4ncccc34)S2)SC1SC. The van der Waals surface area contributed by atoms with Gasteiger partial charge in [0.15, 0.2) is 0 Å². The summed E-state index contributed by atoms with van der Waals surface area (Å²) in [7, 11) is 0. The Balaban J connectivity index is 1.67. The molecule has 1 fully saturated rings. The molecule has 26 heavy (non-hydrogen) atoms. The summed E-state index contributed by atoms with van der Waals surface area (Å²) < 4.78 is 4.15. The number of aromatic nitrogens is 2. The van der Waals surface area contributed by atoms with E-state index >= 15 is 0 Å². The van der Waals surface area contributed by atoms with Gasteiger partial charge < -0.3 is 0 Å². The molecule has 0 N–H and O–H groups in total. The van der Waals surface area contributed by atoms with E-state index in [0.29, 0.717) is 9.16 Å². The third-order valence-corrected chi connectivity index (χ3v) is 13.7. The Hall–Kier alpha value is -0.120. The molecule has 0 radical (unpaired) electrons. The van der Waals surface area contributed by atoms with Gasteiger partial charge in [-0.05, 0) is 24.6 Å². The monoisotopic (exact) mass is 450 g/mol. The van der Waals surface area contributed by atoms with E-state index in [1.54, 1.807) is 0 Å². The number of fused-ring (bicyclic) bond motifs is 6. The highest BCUT2D eigenvalue weighted by Gasteiger charge is 2.36. The van der Waals surface area contributed by atoms with Crippen molar-refractivity contribution in [1.29, 1.82) is 0 Å². The molecular formula is C18H14N2S6. The summed E-state index contributed by atoms with van der Waals surface area (Å²) in [5, 5.41) is 2.44. The second kappa shape index (κ2) is 7.37. The predicted octanol–water partition coefficient (Wildman–Crippen LogP) is 6.97. The summed E-state index contributed by atoms with van der Waals surface area (Å²) in [6.45, 7) is 0. The van der Waals surface area contributed by atoms with Crippen LogP contribution in [0.5, 0.6) is 0 Å². The van der Waals surface area contributed by atoms with E-state index in [9.17, 15) is 0 Å². The van der Waals surface area contributed by atoms with Crippen LogP contribution in [0.1, 0.15) is 0 Å². The molecule has 2 nitrogen and oxygen atoms in total. The van der Waals surface area contributed by atoms with Crippen LogP contribution in [0.4, 0.5) is 0 Å². The molecule has 0 bridgehead atoms. The Bertz CT molecular complexity index is 970. The van der Waals surface area contributed by atoms with Crippen molar-refractivity contribution in [2.45, 2.75) is 19.0 Å². The molecule has 0 saturated carbocycles. The molecule has 2 aliphatic heterocycles. The fourth-order valence-corrected chi connectivity index (χ4v) is 12.4. The first kappa shape index (κ1) is 17.9. The smallest absolute Gasteiger partial charge is 0.0976 e. The van der Waals surface area contributed by atoms with Crippen molar-refractivity contribution < 1.29 is 0 Å². The van der Waals surface area contributed by atoms with Gasteiger partial charge in [0.2, 0.25) is 0 Å². The highest BCUT2D eigenvalue weighted by Crippen LogP contribution is 2.64. The molecule has 2 aromatic heterocycles. The second-order valence-electron chi connectivity index (χ2n) is 5.68. The molecule has 1 aromatic carbocycles. The second-order valence-corrected chi connectivity index (χ2v) is 13.1. The van der Waals surface area contributed by atoms with Gasteiger partial charge in [-0.25, -0.2) is 0 Å². The summed E-state index contributed by atoms with van der Waals surface area (Å²) in [5.74, 6) is 0. The van der Waals surface area contributed by atoms with Crippen LogP contribution in [0.25, 0.3) is 21.8 Å². The number of nitrogens with zero attached hydrogens (tertiary/aromatic N) is 2. The third kappa shape index (κ3) is 2.88. The minimum absolute atomic E-state index is 0.624. The lowest BCUT2D eigenvalue weighted by atomic mass is 10.1. The lowest BCUT2D eigenvalue weighted by molar-refractivity contribution is 1.30. The Kier molecular flexibility index (Phi) is 5.09. The quantitative estimate of drug-likeness (QED) is 0.386. The highest BCUT2D eigenvalue weighted by atomic mass is 32.3. The van der Waals surface area contributed by atoms with E-state index in [1.807, 2.05) is 95.1 Å². The summed E-state index contributed by atoms with van der Waals surface area (Å²) in [4.78, 5) is 12.0. The molecule has 3 aromatic rings. The lowest BCUT2D eigenvalue weighted by Gasteiger charge is -2.10. The largest absolute Gasteiger partial charge is 0.254 e. The molecule has 2 unspecified atom stereocenters. The molecular weight excluding hydrogens is 437 g/mol. The van der Waals surface area contributed by atoms with Gasteiger partial charge in [-0.1, -0.05) is 35.7 Å². The highest BCUT2D eigenvalue weighted by molar-refractivity contribution is 8.38. The molecule has 2 aliphatic rings. The van der Waals surface area contributed by atoms with E-state index in [4.69, 9.17) is 0 Å². The number of pyridine rings is 2. The molecule has 2 atom stereocenters. The maximum Gasteiger partial charge on any atom is 0.0976 e. The minimum atomic E-state index is 0.624. The van der Waals surface area contributed by atoms with Crippen LogP contribution in [0.15, 0.2) is 54.9 Å². The van der Waals surface area contributed by atoms with E-state index in [0.717, 1.165) is 11.0 Å². The van der Waals surface area contributed by atoms with Gasteiger partial charge in [-0.2, -0.15) is 0 Å². The maximum atomic E-state index is 4.64. The first-order valence-corrected chi connectivity index (χ1v) is 13.9. The van der Waals surface area contributed by atoms with Gasteiger partial charge in [0, 0.05) is 33.0 Å². The van der Waals surface area contributed by atoms with Gasteiger partial charge in [0.25, 0.3) is 0 Å². The molecule has 0 amide bonds. The number of benzene rings is 1. The molecule has 0 spiro atoms. The first-order valence-electron chi connectivity index (χ1n) is 7.94. The van der Waals surface area contributed by atoms with Crippen LogP contribution in [0, 0.1) is 0 Å². The van der Waals surface area contributed by atoms with Crippen molar-refractivity contribution in [1.82, 2.24) is 9.97 Å². The molecule has 0 aliphatic carbocycles. The lowest BCUT2D eigenvalue weighted by Crippen LogP contribution is -2.04. The van der Waals surface area contributed by atoms with Gasteiger partial charge >= 0.3 is 0 Å². The van der Waals surface area contributed by atoms with Gasteiger partial charge in [0.1, 0.15) is 0 Å². The van der Waals surface area contributed by atoms with Crippen molar-refractivity contribution in [3.05, 3.63) is 45.1 Å². The van der Waals surface area contributed by atoms with Crippen molar-refractivity contribution in [3.8, 4) is 0 Å². The van der Waals surface area contributed by atoms with Gasteiger partial charge in [0.05, 0.1) is 28.7 Å². The Labute approximate surface area is 177 Å². The molecule has 1 saturated heterocycles. The summed E-state index contributed by atoms with van der Waals surface area (Å²) in [6.07, 6.45) is 8.17. The Morgan fingerprint density at radius 1 is 0.769 bits per heavy atom. The molecule has 8 heteroatoms. The Morgan fingerprint density at radius 2 is 1.27 bits per heavy atom. The predicted molar refractivity (Wildman–Crippen MR) is 126 cm³/mol. The minimum Gasteiger partial charge on any atom is -0.254 e.